The van der Waals surface area contributed by atoms with Crippen molar-refractivity contribution in [2.75, 3.05) is 12.4 Å². The number of amides is 2. The molecule has 2 aromatic carbocycles. The average molecular weight is 352 g/mol. The zero-order valence-corrected chi connectivity index (χ0v) is 15.2. The van der Waals surface area contributed by atoms with Gasteiger partial charge in [-0.2, -0.15) is 0 Å². The molecule has 2 amide bonds. The fourth-order valence-corrected chi connectivity index (χ4v) is 2.59. The number of nitrogens with one attached hydrogen (secondary N) is 2. The first-order valence-electron chi connectivity index (χ1n) is 8.77. The fraction of sp³-hybridized carbons (Fsp3) is 0.286. The zero-order valence-electron chi connectivity index (χ0n) is 15.2. The summed E-state index contributed by atoms with van der Waals surface area (Å²) >= 11 is 0. The first kappa shape index (κ1) is 19.4. The Balaban J connectivity index is 1.84. The van der Waals surface area contributed by atoms with Gasteiger partial charge in [-0.05, 0) is 36.2 Å². The molecule has 0 saturated carbocycles. The van der Waals surface area contributed by atoms with E-state index in [4.69, 9.17) is 0 Å². The summed E-state index contributed by atoms with van der Waals surface area (Å²) in [5, 5.41) is 5.27. The number of carbonyl (C=O) groups is 3. The predicted octanol–water partition coefficient (Wildman–Crippen LogP) is 3.60. The van der Waals surface area contributed by atoms with E-state index >= 15 is 0 Å². The standard InChI is InChI=1S/C21H24N2O3/c1-3-4-15-5-7-16(8-6-15)19(24)13-14-20(25)23-18-11-9-17(10-12-18)21(26)22-2/h5-12H,3-4,13-14H2,1-2H3,(H,22,26)(H,23,25). The molecule has 0 heterocycles. The smallest absolute Gasteiger partial charge is 0.251 e. The molecule has 2 N–H and O–H groups in total. The van der Waals surface area contributed by atoms with E-state index in [1.54, 1.807) is 31.3 Å². The van der Waals surface area contributed by atoms with Crippen molar-refractivity contribution < 1.29 is 14.4 Å². The topological polar surface area (TPSA) is 75.3 Å². The van der Waals surface area contributed by atoms with Gasteiger partial charge < -0.3 is 10.6 Å². The summed E-state index contributed by atoms with van der Waals surface area (Å²) in [5.74, 6) is -0.453. The van der Waals surface area contributed by atoms with Gasteiger partial charge in [0.05, 0.1) is 0 Å². The third-order valence-electron chi connectivity index (χ3n) is 4.05. The van der Waals surface area contributed by atoms with Gasteiger partial charge in [0.25, 0.3) is 5.91 Å². The van der Waals surface area contributed by atoms with Gasteiger partial charge in [0.1, 0.15) is 0 Å². The number of ketones is 1. The monoisotopic (exact) mass is 352 g/mol. The maximum absolute atomic E-state index is 12.2. The third kappa shape index (κ3) is 5.55. The van der Waals surface area contributed by atoms with Crippen molar-refractivity contribution in [3.05, 3.63) is 65.2 Å². The molecular formula is C21H24N2O3. The van der Waals surface area contributed by atoms with Crippen LogP contribution in [0.2, 0.25) is 0 Å². The molecule has 5 nitrogen and oxygen atoms in total. The number of hydrogen-bond donors (Lipinski definition) is 2. The van der Waals surface area contributed by atoms with Crippen LogP contribution in [0.4, 0.5) is 5.69 Å². The minimum Gasteiger partial charge on any atom is -0.355 e. The predicted molar refractivity (Wildman–Crippen MR) is 102 cm³/mol. The highest BCUT2D eigenvalue weighted by Gasteiger charge is 2.10. The van der Waals surface area contributed by atoms with E-state index in [9.17, 15) is 14.4 Å². The Labute approximate surface area is 153 Å². The second kappa shape index (κ2) is 9.51. The lowest BCUT2D eigenvalue weighted by Gasteiger charge is -2.07. The molecule has 5 heteroatoms. The molecule has 0 spiro atoms. The first-order chi connectivity index (χ1) is 12.5. The Hall–Kier alpha value is -2.95. The highest BCUT2D eigenvalue weighted by molar-refractivity contribution is 6.00. The number of benzene rings is 2. The highest BCUT2D eigenvalue weighted by atomic mass is 16.2. The van der Waals surface area contributed by atoms with Gasteiger partial charge >= 0.3 is 0 Å². The molecule has 0 bridgehead atoms. The molecule has 0 fully saturated rings. The van der Waals surface area contributed by atoms with Crippen molar-refractivity contribution in [1.82, 2.24) is 5.32 Å². The van der Waals surface area contributed by atoms with E-state index in [-0.39, 0.29) is 30.4 Å². The Kier molecular flexibility index (Phi) is 7.09. The molecule has 0 aliphatic carbocycles. The van der Waals surface area contributed by atoms with Crippen LogP contribution < -0.4 is 10.6 Å². The second-order valence-electron chi connectivity index (χ2n) is 6.07. The Morgan fingerprint density at radius 2 is 1.46 bits per heavy atom. The number of Topliss-reactive ketones (excluding diaryl/α,β-unsaturated/α-hetero) is 1. The fourth-order valence-electron chi connectivity index (χ4n) is 2.59. The summed E-state index contributed by atoms with van der Waals surface area (Å²) in [4.78, 5) is 35.7. The van der Waals surface area contributed by atoms with E-state index in [0.29, 0.717) is 16.8 Å². The summed E-state index contributed by atoms with van der Waals surface area (Å²) in [5.41, 5.74) is 2.96. The molecule has 2 aromatic rings. The SMILES string of the molecule is CCCc1ccc(C(=O)CCC(=O)Nc2ccc(C(=O)NC)cc2)cc1. The molecule has 0 aliphatic heterocycles. The maximum atomic E-state index is 12.2. The van der Waals surface area contributed by atoms with Gasteiger partial charge in [-0.25, -0.2) is 0 Å². The number of carbonyl (C=O) groups excluding carboxylic acids is 3. The lowest BCUT2D eigenvalue weighted by Crippen LogP contribution is -2.18. The first-order valence-corrected chi connectivity index (χ1v) is 8.77. The normalized spacial score (nSPS) is 10.2. The number of hydrogen-bond acceptors (Lipinski definition) is 3. The summed E-state index contributed by atoms with van der Waals surface area (Å²) in [6.07, 6.45) is 2.34. The Bertz CT molecular complexity index is 765. The van der Waals surface area contributed by atoms with Crippen LogP contribution in [0.25, 0.3) is 0 Å². The van der Waals surface area contributed by atoms with Crippen LogP contribution >= 0.6 is 0 Å². The molecule has 0 aromatic heterocycles. The minimum atomic E-state index is -0.228. The lowest BCUT2D eigenvalue weighted by molar-refractivity contribution is -0.116. The maximum Gasteiger partial charge on any atom is 0.251 e. The van der Waals surface area contributed by atoms with Crippen LogP contribution in [0, 0.1) is 0 Å². The minimum absolute atomic E-state index is 0.0434. The number of rotatable bonds is 8. The molecule has 0 aliphatic rings. The third-order valence-corrected chi connectivity index (χ3v) is 4.05. The Morgan fingerprint density at radius 1 is 0.846 bits per heavy atom. The summed E-state index contributed by atoms with van der Waals surface area (Å²) in [6, 6.07) is 14.2. The van der Waals surface area contributed by atoms with Gasteiger partial charge in [-0.1, -0.05) is 37.6 Å². The Morgan fingerprint density at radius 3 is 2.04 bits per heavy atom. The quantitative estimate of drug-likeness (QED) is 0.713. The van der Waals surface area contributed by atoms with E-state index < -0.39 is 0 Å². The largest absolute Gasteiger partial charge is 0.355 e. The van der Waals surface area contributed by atoms with Crippen molar-refractivity contribution in [3.8, 4) is 0 Å². The molecule has 2 rings (SSSR count). The van der Waals surface area contributed by atoms with Crippen LogP contribution in [0.15, 0.2) is 48.5 Å². The molecule has 0 unspecified atom stereocenters. The van der Waals surface area contributed by atoms with Crippen molar-refractivity contribution >= 4 is 23.3 Å². The van der Waals surface area contributed by atoms with Crippen molar-refractivity contribution in [3.63, 3.8) is 0 Å². The van der Waals surface area contributed by atoms with Crippen LogP contribution in [0.5, 0.6) is 0 Å². The molecule has 0 saturated heterocycles. The molecular weight excluding hydrogens is 328 g/mol. The van der Waals surface area contributed by atoms with E-state index in [1.807, 2.05) is 24.3 Å². The number of anilines is 1. The molecule has 136 valence electrons. The van der Waals surface area contributed by atoms with Crippen molar-refractivity contribution in [1.29, 1.82) is 0 Å². The molecule has 26 heavy (non-hydrogen) atoms. The van der Waals surface area contributed by atoms with E-state index in [2.05, 4.69) is 17.6 Å². The summed E-state index contributed by atoms with van der Waals surface area (Å²) in [7, 11) is 1.56. The van der Waals surface area contributed by atoms with Crippen LogP contribution in [0.3, 0.4) is 0 Å². The zero-order chi connectivity index (χ0) is 18.9. The van der Waals surface area contributed by atoms with E-state index in [0.717, 1.165) is 12.8 Å². The van der Waals surface area contributed by atoms with Crippen LogP contribution in [0.1, 0.15) is 52.5 Å². The summed E-state index contributed by atoms with van der Waals surface area (Å²) < 4.78 is 0. The lowest BCUT2D eigenvalue weighted by atomic mass is 10.0. The van der Waals surface area contributed by atoms with Crippen molar-refractivity contribution in [2.24, 2.45) is 0 Å². The summed E-state index contributed by atoms with van der Waals surface area (Å²) in [6.45, 7) is 2.11. The van der Waals surface area contributed by atoms with Gasteiger partial charge in [-0.3, -0.25) is 14.4 Å². The van der Waals surface area contributed by atoms with Crippen LogP contribution in [-0.2, 0) is 11.2 Å². The highest BCUT2D eigenvalue weighted by Crippen LogP contribution is 2.12. The van der Waals surface area contributed by atoms with Gasteiger partial charge in [-0.15, -0.1) is 0 Å². The van der Waals surface area contributed by atoms with Crippen molar-refractivity contribution in [2.45, 2.75) is 32.6 Å². The van der Waals surface area contributed by atoms with Crippen LogP contribution in [-0.4, -0.2) is 24.6 Å². The molecule has 0 atom stereocenters. The second-order valence-corrected chi connectivity index (χ2v) is 6.07. The van der Waals surface area contributed by atoms with Gasteiger partial charge in [0, 0.05) is 36.7 Å². The van der Waals surface area contributed by atoms with E-state index in [1.165, 1.54) is 5.56 Å². The van der Waals surface area contributed by atoms with Gasteiger partial charge in [0.15, 0.2) is 5.78 Å². The number of aryl methyl sites for hydroxylation is 1. The van der Waals surface area contributed by atoms with Gasteiger partial charge in [0.2, 0.25) is 5.91 Å². The average Bonchev–Trinajstić information content (AvgIpc) is 2.67. The molecule has 0 radical (unpaired) electrons.